The first-order chi connectivity index (χ1) is 12.7. The van der Waals surface area contributed by atoms with Gasteiger partial charge in [-0.2, -0.15) is 4.98 Å². The van der Waals surface area contributed by atoms with Crippen LogP contribution in [0, 0.1) is 6.92 Å². The van der Waals surface area contributed by atoms with Crippen molar-refractivity contribution < 1.29 is 9.53 Å². The van der Waals surface area contributed by atoms with Crippen molar-refractivity contribution in [3.8, 4) is 5.88 Å². The Hall–Kier alpha value is -2.95. The van der Waals surface area contributed by atoms with Crippen molar-refractivity contribution in [3.63, 3.8) is 0 Å². The van der Waals surface area contributed by atoms with E-state index in [4.69, 9.17) is 4.74 Å². The van der Waals surface area contributed by atoms with Crippen LogP contribution in [0.4, 0.5) is 0 Å². The number of rotatable bonds is 3. The monoisotopic (exact) mass is 347 g/mol. The molecule has 0 radical (unpaired) electrons. The van der Waals surface area contributed by atoms with Crippen molar-refractivity contribution in [2.75, 3.05) is 13.1 Å². The lowest BCUT2D eigenvalue weighted by molar-refractivity contribution is 0.0527. The zero-order valence-electron chi connectivity index (χ0n) is 14.8. The second kappa shape index (κ2) is 7.12. The maximum Gasteiger partial charge on any atom is 0.254 e. The number of aryl methyl sites for hydroxylation is 1. The Labute approximate surface area is 152 Å². The summed E-state index contributed by atoms with van der Waals surface area (Å²) in [6, 6.07) is 15.7. The molecule has 1 amide bonds. The molecule has 3 aromatic rings. The number of likely N-dealkylation sites (tertiary alicyclic amines) is 1. The number of benzene rings is 2. The number of carbonyl (C=O) groups excluding carboxylic acids is 1. The first-order valence-electron chi connectivity index (χ1n) is 8.93. The maximum absolute atomic E-state index is 12.9. The quantitative estimate of drug-likeness (QED) is 0.726. The highest BCUT2D eigenvalue weighted by molar-refractivity contribution is 5.98. The smallest absolute Gasteiger partial charge is 0.254 e. The summed E-state index contributed by atoms with van der Waals surface area (Å²) in [6.45, 7) is 3.17. The van der Waals surface area contributed by atoms with Crippen LogP contribution in [0.2, 0.25) is 0 Å². The van der Waals surface area contributed by atoms with Crippen molar-refractivity contribution in [1.29, 1.82) is 0 Å². The maximum atomic E-state index is 12.9. The molecule has 0 saturated carbocycles. The van der Waals surface area contributed by atoms with E-state index in [9.17, 15) is 4.79 Å². The molecular formula is C21H21N3O2. The summed E-state index contributed by atoms with van der Waals surface area (Å²) in [5.41, 5.74) is 0.724. The minimum Gasteiger partial charge on any atom is -0.472 e. The summed E-state index contributed by atoms with van der Waals surface area (Å²) >= 11 is 0. The van der Waals surface area contributed by atoms with Crippen LogP contribution in [0.3, 0.4) is 0 Å². The van der Waals surface area contributed by atoms with Gasteiger partial charge in [0.1, 0.15) is 11.9 Å². The number of fused-ring (bicyclic) bond motifs is 1. The highest BCUT2D eigenvalue weighted by Gasteiger charge is 2.26. The Morgan fingerprint density at radius 2 is 2.00 bits per heavy atom. The number of hydrogen-bond donors (Lipinski definition) is 0. The van der Waals surface area contributed by atoms with Crippen LogP contribution in [0.5, 0.6) is 5.88 Å². The van der Waals surface area contributed by atoms with Crippen LogP contribution < -0.4 is 4.74 Å². The highest BCUT2D eigenvalue weighted by atomic mass is 16.5. The first-order valence-corrected chi connectivity index (χ1v) is 8.93. The summed E-state index contributed by atoms with van der Waals surface area (Å²) in [4.78, 5) is 23.2. The molecule has 1 unspecified atom stereocenters. The van der Waals surface area contributed by atoms with Crippen LogP contribution in [-0.2, 0) is 0 Å². The largest absolute Gasteiger partial charge is 0.472 e. The first kappa shape index (κ1) is 16.5. The van der Waals surface area contributed by atoms with Crippen molar-refractivity contribution in [3.05, 3.63) is 66.1 Å². The Balaban J connectivity index is 1.48. The fourth-order valence-electron chi connectivity index (χ4n) is 3.39. The minimum absolute atomic E-state index is 0.0394. The van der Waals surface area contributed by atoms with Gasteiger partial charge < -0.3 is 9.64 Å². The molecule has 2 heterocycles. The standard InChI is InChI=1S/C21H21N3O2/c1-15-22-11-10-20(23-15)26-19-7-4-12-24(14-19)21(25)18-9-8-16-5-2-3-6-17(16)13-18/h2-3,5-6,8-11,13,19H,4,7,12,14H2,1H3. The van der Waals surface area contributed by atoms with Gasteiger partial charge in [-0.15, -0.1) is 0 Å². The van der Waals surface area contributed by atoms with E-state index < -0.39 is 0 Å². The number of carbonyl (C=O) groups is 1. The molecule has 5 heteroatoms. The molecule has 1 aliphatic heterocycles. The normalized spacial score (nSPS) is 17.3. The Bertz CT molecular complexity index is 941. The van der Waals surface area contributed by atoms with Gasteiger partial charge >= 0.3 is 0 Å². The van der Waals surface area contributed by atoms with Crippen molar-refractivity contribution >= 4 is 16.7 Å². The molecule has 0 spiro atoms. The zero-order chi connectivity index (χ0) is 17.9. The van der Waals surface area contributed by atoms with E-state index >= 15 is 0 Å². The van der Waals surface area contributed by atoms with Crippen molar-refractivity contribution in [2.24, 2.45) is 0 Å². The van der Waals surface area contributed by atoms with Crippen molar-refractivity contribution in [1.82, 2.24) is 14.9 Å². The summed E-state index contributed by atoms with van der Waals surface area (Å²) in [7, 11) is 0. The molecule has 5 nitrogen and oxygen atoms in total. The van der Waals surface area contributed by atoms with E-state index in [0.717, 1.165) is 35.7 Å². The van der Waals surface area contributed by atoms with Crippen LogP contribution in [-0.4, -0.2) is 40.0 Å². The van der Waals surface area contributed by atoms with E-state index in [1.807, 2.05) is 48.2 Å². The van der Waals surface area contributed by atoms with Gasteiger partial charge in [-0.25, -0.2) is 4.98 Å². The Kier molecular flexibility index (Phi) is 4.52. The molecule has 4 rings (SSSR count). The van der Waals surface area contributed by atoms with Crippen LogP contribution in [0.1, 0.15) is 29.0 Å². The number of amides is 1. The second-order valence-corrected chi connectivity index (χ2v) is 6.64. The number of piperidine rings is 1. The highest BCUT2D eigenvalue weighted by Crippen LogP contribution is 2.21. The number of hydrogen-bond acceptors (Lipinski definition) is 4. The SMILES string of the molecule is Cc1nccc(OC2CCCN(C(=O)c3ccc4ccccc4c3)C2)n1. The zero-order valence-corrected chi connectivity index (χ0v) is 14.8. The lowest BCUT2D eigenvalue weighted by Gasteiger charge is -2.32. The van der Waals surface area contributed by atoms with Gasteiger partial charge in [-0.3, -0.25) is 4.79 Å². The molecule has 1 atom stereocenters. The molecule has 132 valence electrons. The molecule has 1 fully saturated rings. The van der Waals surface area contributed by atoms with E-state index in [1.54, 1.807) is 12.3 Å². The van der Waals surface area contributed by atoms with E-state index in [-0.39, 0.29) is 12.0 Å². The Morgan fingerprint density at radius 1 is 1.15 bits per heavy atom. The third kappa shape index (κ3) is 3.52. The predicted molar refractivity (Wildman–Crippen MR) is 100 cm³/mol. The molecule has 1 aliphatic rings. The summed E-state index contributed by atoms with van der Waals surface area (Å²) in [5, 5.41) is 2.22. The summed E-state index contributed by atoms with van der Waals surface area (Å²) in [5.74, 6) is 1.31. The van der Waals surface area contributed by atoms with Gasteiger partial charge in [-0.1, -0.05) is 30.3 Å². The number of ether oxygens (including phenoxy) is 1. The molecule has 0 aliphatic carbocycles. The molecule has 26 heavy (non-hydrogen) atoms. The van der Waals surface area contributed by atoms with Gasteiger partial charge in [0.25, 0.3) is 5.91 Å². The van der Waals surface area contributed by atoms with Gasteiger partial charge in [0.2, 0.25) is 5.88 Å². The lowest BCUT2D eigenvalue weighted by Crippen LogP contribution is -2.44. The second-order valence-electron chi connectivity index (χ2n) is 6.64. The fourth-order valence-corrected chi connectivity index (χ4v) is 3.39. The summed E-state index contributed by atoms with van der Waals surface area (Å²) < 4.78 is 5.98. The molecule has 0 N–H and O–H groups in total. The lowest BCUT2D eigenvalue weighted by atomic mass is 10.0. The van der Waals surface area contributed by atoms with Crippen LogP contribution >= 0.6 is 0 Å². The van der Waals surface area contributed by atoms with Gasteiger partial charge in [0.05, 0.1) is 6.54 Å². The third-order valence-electron chi connectivity index (χ3n) is 4.70. The van der Waals surface area contributed by atoms with Gasteiger partial charge in [0.15, 0.2) is 0 Å². The molecular weight excluding hydrogens is 326 g/mol. The average Bonchev–Trinajstić information content (AvgIpc) is 2.67. The molecule has 2 aromatic carbocycles. The molecule has 0 bridgehead atoms. The topological polar surface area (TPSA) is 55.3 Å². The third-order valence-corrected chi connectivity index (χ3v) is 4.70. The number of nitrogens with zero attached hydrogens (tertiary/aromatic N) is 3. The average molecular weight is 347 g/mol. The van der Waals surface area contributed by atoms with E-state index in [0.29, 0.717) is 18.2 Å². The van der Waals surface area contributed by atoms with Crippen molar-refractivity contribution in [2.45, 2.75) is 25.9 Å². The van der Waals surface area contributed by atoms with E-state index in [2.05, 4.69) is 16.0 Å². The fraction of sp³-hybridized carbons (Fsp3) is 0.286. The predicted octanol–water partition coefficient (Wildman–Crippen LogP) is 3.62. The minimum atomic E-state index is -0.0394. The van der Waals surface area contributed by atoms with E-state index in [1.165, 1.54) is 0 Å². The molecule has 1 saturated heterocycles. The van der Waals surface area contributed by atoms with Crippen LogP contribution in [0.15, 0.2) is 54.7 Å². The number of aromatic nitrogens is 2. The summed E-state index contributed by atoms with van der Waals surface area (Å²) in [6.07, 6.45) is 3.50. The van der Waals surface area contributed by atoms with Crippen LogP contribution in [0.25, 0.3) is 10.8 Å². The van der Waals surface area contributed by atoms with Gasteiger partial charge in [-0.05, 0) is 42.7 Å². The van der Waals surface area contributed by atoms with Gasteiger partial charge in [0, 0.05) is 24.4 Å². The Morgan fingerprint density at radius 3 is 2.85 bits per heavy atom. The molecule has 1 aromatic heterocycles.